The van der Waals surface area contributed by atoms with Crippen molar-refractivity contribution in [3.8, 4) is 17.1 Å². The summed E-state index contributed by atoms with van der Waals surface area (Å²) >= 11 is 0. The van der Waals surface area contributed by atoms with Crippen molar-refractivity contribution in [3.05, 3.63) is 65.9 Å². The first-order valence-corrected chi connectivity index (χ1v) is 9.81. The molecular weight excluding hydrogens is 366 g/mol. The van der Waals surface area contributed by atoms with Crippen LogP contribution in [0.3, 0.4) is 0 Å². The number of hydrogen-bond acceptors (Lipinski definition) is 5. The SMILES string of the molecule is CCCC1C(=O)c2[nH]c(-c3ccccc3)nc2N=C1Oc1ccc(C(C)O)cc1. The zero-order valence-corrected chi connectivity index (χ0v) is 16.4. The number of nitrogens with zero attached hydrogens (tertiary/aromatic N) is 2. The molecule has 1 aliphatic heterocycles. The number of imidazole rings is 1. The Morgan fingerprint density at radius 3 is 2.52 bits per heavy atom. The molecule has 4 rings (SSSR count). The van der Waals surface area contributed by atoms with E-state index in [2.05, 4.69) is 15.0 Å². The normalized spacial score (nSPS) is 16.9. The summed E-state index contributed by atoms with van der Waals surface area (Å²) in [5.41, 5.74) is 2.12. The second-order valence-corrected chi connectivity index (χ2v) is 7.15. The Hall–Kier alpha value is -3.25. The third-order valence-electron chi connectivity index (χ3n) is 4.97. The second-order valence-electron chi connectivity index (χ2n) is 7.15. The van der Waals surface area contributed by atoms with E-state index < -0.39 is 12.0 Å². The van der Waals surface area contributed by atoms with Crippen LogP contribution in [0.4, 0.5) is 5.82 Å². The Bertz CT molecular complexity index is 1040. The summed E-state index contributed by atoms with van der Waals surface area (Å²) in [7, 11) is 0. The van der Waals surface area contributed by atoms with E-state index in [1.807, 2.05) is 37.3 Å². The van der Waals surface area contributed by atoms with Gasteiger partial charge in [0.25, 0.3) is 0 Å². The molecule has 2 N–H and O–H groups in total. The molecule has 148 valence electrons. The quantitative estimate of drug-likeness (QED) is 0.653. The minimum atomic E-state index is -0.548. The van der Waals surface area contributed by atoms with E-state index in [-0.39, 0.29) is 5.78 Å². The number of ketones is 1. The van der Waals surface area contributed by atoms with Crippen molar-refractivity contribution in [2.24, 2.45) is 10.9 Å². The minimum Gasteiger partial charge on any atom is -0.442 e. The third-order valence-corrected chi connectivity index (χ3v) is 4.97. The summed E-state index contributed by atoms with van der Waals surface area (Å²) in [5, 5.41) is 9.67. The molecule has 0 bridgehead atoms. The Morgan fingerprint density at radius 1 is 1.14 bits per heavy atom. The Kier molecular flexibility index (Phi) is 5.27. The lowest BCUT2D eigenvalue weighted by Gasteiger charge is -2.21. The Morgan fingerprint density at radius 2 is 1.86 bits per heavy atom. The lowest BCUT2D eigenvalue weighted by atomic mass is 9.94. The maximum absolute atomic E-state index is 13.1. The van der Waals surface area contributed by atoms with Gasteiger partial charge < -0.3 is 14.8 Å². The second kappa shape index (κ2) is 8.01. The highest BCUT2D eigenvalue weighted by molar-refractivity contribution is 6.15. The summed E-state index contributed by atoms with van der Waals surface area (Å²) in [4.78, 5) is 25.4. The Balaban J connectivity index is 1.68. The first-order chi connectivity index (χ1) is 14.1. The van der Waals surface area contributed by atoms with Gasteiger partial charge in [-0.2, -0.15) is 4.99 Å². The monoisotopic (exact) mass is 389 g/mol. The molecule has 0 amide bonds. The van der Waals surface area contributed by atoms with Crippen molar-refractivity contribution in [1.29, 1.82) is 0 Å². The van der Waals surface area contributed by atoms with Crippen LogP contribution >= 0.6 is 0 Å². The van der Waals surface area contributed by atoms with Crippen LogP contribution < -0.4 is 4.74 Å². The van der Waals surface area contributed by atoms with Crippen LogP contribution in [0.2, 0.25) is 0 Å². The van der Waals surface area contributed by atoms with Gasteiger partial charge in [-0.3, -0.25) is 4.79 Å². The van der Waals surface area contributed by atoms with Gasteiger partial charge in [-0.25, -0.2) is 4.98 Å². The summed E-state index contributed by atoms with van der Waals surface area (Å²) in [5.74, 6) is 1.40. The summed E-state index contributed by atoms with van der Waals surface area (Å²) in [6, 6.07) is 16.8. The average Bonchev–Trinajstić information content (AvgIpc) is 3.16. The molecule has 6 heteroatoms. The van der Waals surface area contributed by atoms with Gasteiger partial charge in [0.15, 0.2) is 11.6 Å². The number of hydrogen-bond donors (Lipinski definition) is 2. The van der Waals surface area contributed by atoms with Crippen molar-refractivity contribution in [2.75, 3.05) is 0 Å². The number of rotatable bonds is 5. The molecule has 0 radical (unpaired) electrons. The molecule has 2 unspecified atom stereocenters. The van der Waals surface area contributed by atoms with E-state index in [0.717, 1.165) is 17.5 Å². The maximum atomic E-state index is 13.1. The van der Waals surface area contributed by atoms with Crippen LogP contribution in [0.5, 0.6) is 5.75 Å². The van der Waals surface area contributed by atoms with Gasteiger partial charge >= 0.3 is 0 Å². The fraction of sp³-hybridized carbons (Fsp3) is 0.261. The lowest BCUT2D eigenvalue weighted by Crippen LogP contribution is -2.31. The van der Waals surface area contributed by atoms with E-state index in [0.29, 0.717) is 35.4 Å². The number of aromatic amines is 1. The molecule has 0 aliphatic carbocycles. The molecule has 0 fully saturated rings. The van der Waals surface area contributed by atoms with Crippen molar-refractivity contribution in [3.63, 3.8) is 0 Å². The van der Waals surface area contributed by atoms with Crippen LogP contribution in [0.1, 0.15) is 48.8 Å². The number of aromatic nitrogens is 2. The molecule has 2 aromatic carbocycles. The number of H-pyrrole nitrogens is 1. The third kappa shape index (κ3) is 3.84. The molecule has 29 heavy (non-hydrogen) atoms. The number of aliphatic hydroxyl groups excluding tert-OH is 1. The predicted octanol–water partition coefficient (Wildman–Crippen LogP) is 4.85. The number of carbonyl (C=O) groups is 1. The lowest BCUT2D eigenvalue weighted by molar-refractivity contribution is 0.0935. The van der Waals surface area contributed by atoms with Crippen molar-refractivity contribution in [2.45, 2.75) is 32.8 Å². The average molecular weight is 389 g/mol. The van der Waals surface area contributed by atoms with Gasteiger partial charge in [-0.05, 0) is 31.0 Å². The highest BCUT2D eigenvalue weighted by Gasteiger charge is 2.35. The van der Waals surface area contributed by atoms with E-state index in [1.165, 1.54) is 0 Å². The molecular formula is C23H23N3O3. The fourth-order valence-corrected chi connectivity index (χ4v) is 3.39. The number of aliphatic imine (C=N–C) groups is 1. The standard InChI is InChI=1S/C23H23N3O3/c1-3-7-18-20(28)19-22(25-21(24-19)16-8-5-4-6-9-16)26-23(18)29-17-12-10-15(11-13-17)14(2)27/h4-6,8-14,18,27H,3,7H2,1-2H3,(H,24,25). The highest BCUT2D eigenvalue weighted by atomic mass is 16.5. The molecule has 0 saturated carbocycles. The molecule has 1 aromatic heterocycles. The maximum Gasteiger partial charge on any atom is 0.207 e. The molecule has 6 nitrogen and oxygen atoms in total. The summed E-state index contributed by atoms with van der Waals surface area (Å²) < 4.78 is 5.99. The van der Waals surface area contributed by atoms with Crippen molar-refractivity contribution >= 4 is 17.5 Å². The zero-order chi connectivity index (χ0) is 20.4. The number of aliphatic hydroxyl groups is 1. The molecule has 0 saturated heterocycles. The highest BCUT2D eigenvalue weighted by Crippen LogP contribution is 2.32. The van der Waals surface area contributed by atoms with E-state index >= 15 is 0 Å². The number of carbonyl (C=O) groups excluding carboxylic acids is 1. The fourth-order valence-electron chi connectivity index (χ4n) is 3.39. The predicted molar refractivity (Wildman–Crippen MR) is 112 cm³/mol. The largest absolute Gasteiger partial charge is 0.442 e. The van der Waals surface area contributed by atoms with Crippen LogP contribution in [-0.2, 0) is 0 Å². The van der Waals surface area contributed by atoms with Crippen LogP contribution in [0.25, 0.3) is 11.4 Å². The van der Waals surface area contributed by atoms with E-state index in [4.69, 9.17) is 4.74 Å². The zero-order valence-electron chi connectivity index (χ0n) is 16.4. The molecule has 1 aliphatic rings. The van der Waals surface area contributed by atoms with Gasteiger partial charge in [-0.1, -0.05) is 55.8 Å². The molecule has 0 spiro atoms. The summed E-state index contributed by atoms with van der Waals surface area (Å²) in [6.07, 6.45) is 0.922. The first-order valence-electron chi connectivity index (χ1n) is 9.81. The van der Waals surface area contributed by atoms with Crippen molar-refractivity contribution < 1.29 is 14.6 Å². The Labute approximate surface area is 169 Å². The number of fused-ring (bicyclic) bond motifs is 1. The van der Waals surface area contributed by atoms with Crippen LogP contribution in [0.15, 0.2) is 59.6 Å². The van der Waals surface area contributed by atoms with Crippen LogP contribution in [-0.4, -0.2) is 26.8 Å². The molecule has 2 atom stereocenters. The van der Waals surface area contributed by atoms with E-state index in [1.54, 1.807) is 31.2 Å². The summed E-state index contributed by atoms with van der Waals surface area (Å²) in [6.45, 7) is 3.74. The van der Waals surface area contributed by atoms with Gasteiger partial charge in [0.05, 0.1) is 6.10 Å². The minimum absolute atomic E-state index is 0.0536. The van der Waals surface area contributed by atoms with Gasteiger partial charge in [0.2, 0.25) is 5.90 Å². The number of Topliss-reactive ketones (excluding diaryl/α,β-unsaturated/α-hetero) is 1. The van der Waals surface area contributed by atoms with Gasteiger partial charge in [-0.15, -0.1) is 0 Å². The number of ether oxygens (including phenoxy) is 1. The first kappa shape index (κ1) is 19.1. The van der Waals surface area contributed by atoms with Gasteiger partial charge in [0, 0.05) is 5.56 Å². The topological polar surface area (TPSA) is 87.6 Å². The molecule has 3 aromatic rings. The number of nitrogens with one attached hydrogen (secondary N) is 1. The molecule has 2 heterocycles. The van der Waals surface area contributed by atoms with E-state index in [9.17, 15) is 9.90 Å². The van der Waals surface area contributed by atoms with Crippen molar-refractivity contribution in [1.82, 2.24) is 9.97 Å². The number of benzene rings is 2. The smallest absolute Gasteiger partial charge is 0.207 e. The van der Waals surface area contributed by atoms with Gasteiger partial charge in [0.1, 0.15) is 23.2 Å². The van der Waals surface area contributed by atoms with Crippen LogP contribution in [0, 0.1) is 5.92 Å².